The Morgan fingerprint density at radius 2 is 2.00 bits per heavy atom. The molecule has 1 aromatic carbocycles. The lowest BCUT2D eigenvalue weighted by Gasteiger charge is -2.15. The summed E-state index contributed by atoms with van der Waals surface area (Å²) in [6, 6.07) is 9.98. The van der Waals surface area contributed by atoms with Crippen molar-refractivity contribution in [1.29, 1.82) is 0 Å². The number of carbonyl (C=O) groups excluding carboxylic acids is 1. The molecular weight excluding hydrogens is 200 g/mol. The molecule has 1 aromatic rings. The average Bonchev–Trinajstić information content (AvgIpc) is 2.30. The summed E-state index contributed by atoms with van der Waals surface area (Å²) >= 11 is 0. The van der Waals surface area contributed by atoms with Crippen LogP contribution < -0.4 is 0 Å². The second-order valence-corrected chi connectivity index (χ2v) is 3.92. The Labute approximate surface area is 96.9 Å². The van der Waals surface area contributed by atoms with Crippen molar-refractivity contribution in [3.8, 4) is 0 Å². The normalized spacial score (nSPS) is 11.9. The molecule has 1 atom stereocenters. The average molecular weight is 218 g/mol. The summed E-state index contributed by atoms with van der Waals surface area (Å²) in [5.41, 5.74) is 2.37. The van der Waals surface area contributed by atoms with Crippen LogP contribution in [0.2, 0.25) is 0 Å². The molecule has 0 saturated heterocycles. The van der Waals surface area contributed by atoms with Crippen molar-refractivity contribution in [3.05, 3.63) is 47.5 Å². The third kappa shape index (κ3) is 4.41. The molecule has 0 fully saturated rings. The monoisotopic (exact) mass is 218 g/mol. The maximum atomic E-state index is 10.3. The Bertz CT molecular complexity index is 337. The number of hydrogen-bond acceptors (Lipinski definition) is 2. The Morgan fingerprint density at radius 3 is 2.56 bits per heavy atom. The fourth-order valence-electron chi connectivity index (χ4n) is 1.47. The highest BCUT2D eigenvalue weighted by atomic mass is 16.5. The van der Waals surface area contributed by atoms with E-state index in [2.05, 4.69) is 19.9 Å². The van der Waals surface area contributed by atoms with Gasteiger partial charge in [-0.1, -0.05) is 42.0 Å². The number of ether oxygens (including phenoxy) is 1. The largest absolute Gasteiger partial charge is 0.366 e. The van der Waals surface area contributed by atoms with E-state index in [1.165, 1.54) is 5.57 Å². The fourth-order valence-corrected chi connectivity index (χ4v) is 1.47. The minimum Gasteiger partial charge on any atom is -0.366 e. The molecule has 2 heteroatoms. The number of allylic oxidation sites excluding steroid dienone is 1. The predicted octanol–water partition coefficient (Wildman–Crippen LogP) is 3.30. The van der Waals surface area contributed by atoms with Crippen LogP contribution in [0.3, 0.4) is 0 Å². The van der Waals surface area contributed by atoms with Crippen molar-refractivity contribution < 1.29 is 9.53 Å². The zero-order valence-corrected chi connectivity index (χ0v) is 9.85. The van der Waals surface area contributed by atoms with E-state index >= 15 is 0 Å². The molecule has 1 unspecified atom stereocenters. The number of carbonyl (C=O) groups is 1. The minimum absolute atomic E-state index is 0.0266. The third-order valence-electron chi connectivity index (χ3n) is 2.28. The number of rotatable bonds is 6. The quantitative estimate of drug-likeness (QED) is 0.541. The van der Waals surface area contributed by atoms with Crippen molar-refractivity contribution >= 4 is 6.29 Å². The van der Waals surface area contributed by atoms with Crippen LogP contribution in [-0.2, 0) is 9.53 Å². The van der Waals surface area contributed by atoms with Gasteiger partial charge < -0.3 is 9.53 Å². The van der Waals surface area contributed by atoms with Gasteiger partial charge in [-0.05, 0) is 25.8 Å². The summed E-state index contributed by atoms with van der Waals surface area (Å²) in [5.74, 6) is 0. The van der Waals surface area contributed by atoms with Crippen molar-refractivity contribution in [1.82, 2.24) is 0 Å². The van der Waals surface area contributed by atoms with Crippen LogP contribution in [0.1, 0.15) is 31.9 Å². The SMILES string of the molecule is CC(C)=CCC(OCC=O)c1ccccc1. The van der Waals surface area contributed by atoms with Crippen LogP contribution in [0.25, 0.3) is 0 Å². The first-order valence-corrected chi connectivity index (χ1v) is 5.47. The van der Waals surface area contributed by atoms with Crippen molar-refractivity contribution in [3.63, 3.8) is 0 Å². The first-order valence-electron chi connectivity index (χ1n) is 5.47. The van der Waals surface area contributed by atoms with Gasteiger partial charge in [-0.25, -0.2) is 0 Å². The second-order valence-electron chi connectivity index (χ2n) is 3.92. The van der Waals surface area contributed by atoms with E-state index in [4.69, 9.17) is 4.74 Å². The highest BCUT2D eigenvalue weighted by Gasteiger charge is 2.09. The molecule has 0 amide bonds. The van der Waals surface area contributed by atoms with Gasteiger partial charge in [-0.3, -0.25) is 0 Å². The van der Waals surface area contributed by atoms with Gasteiger partial charge in [0.25, 0.3) is 0 Å². The summed E-state index contributed by atoms with van der Waals surface area (Å²) in [6.45, 7) is 4.26. The summed E-state index contributed by atoms with van der Waals surface area (Å²) < 4.78 is 5.52. The molecule has 0 spiro atoms. The first-order chi connectivity index (χ1) is 7.74. The number of aldehydes is 1. The summed E-state index contributed by atoms with van der Waals surface area (Å²) in [7, 11) is 0. The van der Waals surface area contributed by atoms with E-state index in [0.717, 1.165) is 18.3 Å². The van der Waals surface area contributed by atoms with Gasteiger partial charge in [0.05, 0.1) is 6.10 Å². The molecule has 0 heterocycles. The highest BCUT2D eigenvalue weighted by molar-refractivity contribution is 5.50. The molecule has 0 N–H and O–H groups in total. The second kappa shape index (κ2) is 6.96. The Kier molecular flexibility index (Phi) is 5.51. The van der Waals surface area contributed by atoms with Gasteiger partial charge in [0.2, 0.25) is 0 Å². The van der Waals surface area contributed by atoms with Crippen LogP contribution in [0.15, 0.2) is 42.0 Å². The van der Waals surface area contributed by atoms with Gasteiger partial charge in [0.1, 0.15) is 12.9 Å². The molecule has 0 aliphatic carbocycles. The van der Waals surface area contributed by atoms with Gasteiger partial charge in [0.15, 0.2) is 0 Å². The van der Waals surface area contributed by atoms with E-state index in [9.17, 15) is 4.79 Å². The number of benzene rings is 1. The van der Waals surface area contributed by atoms with E-state index in [1.807, 2.05) is 30.3 Å². The predicted molar refractivity (Wildman–Crippen MR) is 65.2 cm³/mol. The molecule has 0 bridgehead atoms. The van der Waals surface area contributed by atoms with Crippen molar-refractivity contribution in [2.24, 2.45) is 0 Å². The molecule has 0 radical (unpaired) electrons. The van der Waals surface area contributed by atoms with Crippen molar-refractivity contribution in [2.75, 3.05) is 6.61 Å². The zero-order valence-electron chi connectivity index (χ0n) is 9.85. The van der Waals surface area contributed by atoms with Crippen LogP contribution >= 0.6 is 0 Å². The molecule has 86 valence electrons. The topological polar surface area (TPSA) is 26.3 Å². The first kappa shape index (κ1) is 12.7. The Hall–Kier alpha value is -1.41. The highest BCUT2D eigenvalue weighted by Crippen LogP contribution is 2.21. The van der Waals surface area contributed by atoms with Gasteiger partial charge >= 0.3 is 0 Å². The number of hydrogen-bond donors (Lipinski definition) is 0. The Morgan fingerprint density at radius 1 is 1.31 bits per heavy atom. The molecule has 0 aromatic heterocycles. The summed E-state index contributed by atoms with van der Waals surface area (Å²) in [4.78, 5) is 10.3. The maximum absolute atomic E-state index is 10.3. The lowest BCUT2D eigenvalue weighted by molar-refractivity contribution is -0.113. The molecule has 2 nitrogen and oxygen atoms in total. The molecule has 0 aliphatic rings. The summed E-state index contributed by atoms with van der Waals surface area (Å²) in [5, 5.41) is 0. The van der Waals surface area contributed by atoms with E-state index in [0.29, 0.717) is 0 Å². The zero-order chi connectivity index (χ0) is 11.8. The lowest BCUT2D eigenvalue weighted by atomic mass is 10.1. The smallest absolute Gasteiger partial charge is 0.145 e. The van der Waals surface area contributed by atoms with Crippen LogP contribution in [0, 0.1) is 0 Å². The van der Waals surface area contributed by atoms with Gasteiger partial charge in [-0.2, -0.15) is 0 Å². The minimum atomic E-state index is -0.0266. The maximum Gasteiger partial charge on any atom is 0.145 e. The van der Waals surface area contributed by atoms with E-state index in [-0.39, 0.29) is 12.7 Å². The molecule has 0 aliphatic heterocycles. The fraction of sp³-hybridized carbons (Fsp3) is 0.357. The van der Waals surface area contributed by atoms with Crippen molar-refractivity contribution in [2.45, 2.75) is 26.4 Å². The Balaban J connectivity index is 2.71. The molecule has 0 saturated carbocycles. The van der Waals surface area contributed by atoms with Crippen LogP contribution in [0.5, 0.6) is 0 Å². The third-order valence-corrected chi connectivity index (χ3v) is 2.28. The van der Waals surface area contributed by atoms with Crippen LogP contribution in [-0.4, -0.2) is 12.9 Å². The van der Waals surface area contributed by atoms with E-state index < -0.39 is 0 Å². The molecular formula is C14H18O2. The molecule has 16 heavy (non-hydrogen) atoms. The summed E-state index contributed by atoms with van der Waals surface area (Å²) in [6.07, 6.45) is 3.70. The lowest BCUT2D eigenvalue weighted by Crippen LogP contribution is -2.05. The van der Waals surface area contributed by atoms with Gasteiger partial charge in [0, 0.05) is 0 Å². The molecule has 1 rings (SSSR count). The van der Waals surface area contributed by atoms with Crippen LogP contribution in [0.4, 0.5) is 0 Å². The van der Waals surface area contributed by atoms with Gasteiger partial charge in [-0.15, -0.1) is 0 Å². The standard InChI is InChI=1S/C14H18O2/c1-12(2)8-9-14(16-11-10-15)13-6-4-3-5-7-13/h3-8,10,14H,9,11H2,1-2H3. The van der Waals surface area contributed by atoms with E-state index in [1.54, 1.807) is 0 Å².